The maximum atomic E-state index is 12.2. The van der Waals surface area contributed by atoms with Gasteiger partial charge in [0.15, 0.2) is 0 Å². The maximum absolute atomic E-state index is 12.2. The molecule has 3 rings (SSSR count). The van der Waals surface area contributed by atoms with Crippen molar-refractivity contribution in [1.29, 1.82) is 0 Å². The summed E-state index contributed by atoms with van der Waals surface area (Å²) in [6.07, 6.45) is 3.84. The van der Waals surface area contributed by atoms with E-state index in [9.17, 15) is 18.0 Å². The summed E-state index contributed by atoms with van der Waals surface area (Å²) < 4.78 is 26.7. The van der Waals surface area contributed by atoms with Crippen molar-refractivity contribution in [2.24, 2.45) is 0 Å². The molecule has 1 saturated heterocycles. The standard InChI is InChI=1S/C24H32N4O4S/c1-19-5-11-22(12-6-19)33(31,32)27-17-24(30)26-16-23(29)25-15-20-7-9-21(10-8-20)18-28-13-3-2-4-14-28/h5-12,27H,2-4,13-18H2,1H3,(H,25,29)(H,26,30). The normalized spacial score (nSPS) is 14.6. The Morgan fingerprint density at radius 2 is 1.42 bits per heavy atom. The van der Waals surface area contributed by atoms with Crippen LogP contribution in [0.4, 0.5) is 0 Å². The van der Waals surface area contributed by atoms with E-state index in [0.29, 0.717) is 6.54 Å². The van der Waals surface area contributed by atoms with Gasteiger partial charge in [0.2, 0.25) is 21.8 Å². The molecule has 33 heavy (non-hydrogen) atoms. The number of hydrogen-bond acceptors (Lipinski definition) is 5. The van der Waals surface area contributed by atoms with Crippen LogP contribution in [0.5, 0.6) is 0 Å². The minimum Gasteiger partial charge on any atom is -0.350 e. The lowest BCUT2D eigenvalue weighted by atomic mass is 10.1. The molecule has 0 atom stereocenters. The molecular weight excluding hydrogens is 440 g/mol. The summed E-state index contributed by atoms with van der Waals surface area (Å²) in [5, 5.41) is 5.18. The molecule has 0 radical (unpaired) electrons. The highest BCUT2D eigenvalue weighted by Gasteiger charge is 2.15. The van der Waals surface area contributed by atoms with Crippen LogP contribution in [0.3, 0.4) is 0 Å². The number of hydrogen-bond donors (Lipinski definition) is 3. The molecule has 0 aliphatic carbocycles. The first-order chi connectivity index (χ1) is 15.8. The second-order valence-corrected chi connectivity index (χ2v) is 10.1. The van der Waals surface area contributed by atoms with Gasteiger partial charge in [-0.3, -0.25) is 14.5 Å². The second-order valence-electron chi connectivity index (χ2n) is 8.34. The van der Waals surface area contributed by atoms with Gasteiger partial charge in [-0.05, 0) is 56.1 Å². The molecule has 8 nitrogen and oxygen atoms in total. The fourth-order valence-corrected chi connectivity index (χ4v) is 4.59. The number of amides is 2. The number of carbonyl (C=O) groups is 2. The third-order valence-corrected chi connectivity index (χ3v) is 6.98. The van der Waals surface area contributed by atoms with Gasteiger partial charge in [0, 0.05) is 13.1 Å². The molecule has 2 aromatic rings. The topological polar surface area (TPSA) is 108 Å². The average Bonchev–Trinajstić information content (AvgIpc) is 2.82. The lowest BCUT2D eigenvalue weighted by Crippen LogP contribution is -2.41. The highest BCUT2D eigenvalue weighted by molar-refractivity contribution is 7.89. The van der Waals surface area contributed by atoms with Gasteiger partial charge in [-0.25, -0.2) is 13.1 Å². The van der Waals surface area contributed by atoms with Crippen molar-refractivity contribution in [2.45, 2.75) is 44.2 Å². The number of nitrogens with one attached hydrogen (secondary N) is 3. The molecule has 3 N–H and O–H groups in total. The smallest absolute Gasteiger partial charge is 0.241 e. The molecule has 0 spiro atoms. The largest absolute Gasteiger partial charge is 0.350 e. The van der Waals surface area contributed by atoms with Crippen LogP contribution in [0.2, 0.25) is 0 Å². The van der Waals surface area contributed by atoms with Crippen LogP contribution in [0, 0.1) is 6.92 Å². The molecule has 178 valence electrons. The molecule has 1 fully saturated rings. The van der Waals surface area contributed by atoms with E-state index in [1.807, 2.05) is 19.1 Å². The van der Waals surface area contributed by atoms with Crippen molar-refractivity contribution in [2.75, 3.05) is 26.2 Å². The summed E-state index contributed by atoms with van der Waals surface area (Å²) in [5.74, 6) is -0.926. The SMILES string of the molecule is Cc1ccc(S(=O)(=O)NCC(=O)NCC(=O)NCc2ccc(CN3CCCCC3)cc2)cc1. The Morgan fingerprint density at radius 1 is 0.818 bits per heavy atom. The second kappa shape index (κ2) is 11.9. The molecule has 1 aliphatic rings. The van der Waals surface area contributed by atoms with E-state index in [0.717, 1.165) is 30.8 Å². The van der Waals surface area contributed by atoms with E-state index in [4.69, 9.17) is 0 Å². The lowest BCUT2D eigenvalue weighted by molar-refractivity contribution is -0.125. The summed E-state index contributed by atoms with van der Waals surface area (Å²) in [5.41, 5.74) is 3.17. The minimum atomic E-state index is -3.78. The van der Waals surface area contributed by atoms with E-state index in [1.165, 1.54) is 37.0 Å². The minimum absolute atomic E-state index is 0.0839. The zero-order valence-electron chi connectivity index (χ0n) is 19.0. The highest BCUT2D eigenvalue weighted by Crippen LogP contribution is 2.13. The van der Waals surface area contributed by atoms with Gasteiger partial charge in [0.1, 0.15) is 0 Å². The quantitative estimate of drug-likeness (QED) is 0.488. The van der Waals surface area contributed by atoms with E-state index in [-0.39, 0.29) is 17.3 Å². The summed E-state index contributed by atoms with van der Waals surface area (Å²) in [6.45, 7) is 4.80. The first-order valence-electron chi connectivity index (χ1n) is 11.2. The van der Waals surface area contributed by atoms with Gasteiger partial charge in [-0.15, -0.1) is 0 Å². The Bertz CT molecular complexity index is 1030. The van der Waals surface area contributed by atoms with Crippen LogP contribution in [-0.2, 0) is 32.7 Å². The van der Waals surface area contributed by atoms with Crippen LogP contribution in [0.25, 0.3) is 0 Å². The maximum Gasteiger partial charge on any atom is 0.241 e. The van der Waals surface area contributed by atoms with Gasteiger partial charge >= 0.3 is 0 Å². The Labute approximate surface area is 195 Å². The van der Waals surface area contributed by atoms with Gasteiger partial charge in [0.05, 0.1) is 18.0 Å². The summed E-state index contributed by atoms with van der Waals surface area (Å²) in [7, 11) is -3.78. The molecule has 1 heterocycles. The van der Waals surface area contributed by atoms with Crippen LogP contribution in [0.1, 0.15) is 36.0 Å². The van der Waals surface area contributed by atoms with Crippen molar-refractivity contribution in [1.82, 2.24) is 20.3 Å². The average molecular weight is 473 g/mol. The monoisotopic (exact) mass is 472 g/mol. The van der Waals surface area contributed by atoms with E-state index in [1.54, 1.807) is 12.1 Å². The first kappa shape index (κ1) is 24.9. The van der Waals surface area contributed by atoms with Crippen LogP contribution in [0.15, 0.2) is 53.4 Å². The fourth-order valence-electron chi connectivity index (χ4n) is 3.60. The predicted molar refractivity (Wildman–Crippen MR) is 127 cm³/mol. The Morgan fingerprint density at radius 3 is 2.09 bits per heavy atom. The Kier molecular flexibility index (Phi) is 8.99. The molecule has 0 bridgehead atoms. The molecule has 9 heteroatoms. The van der Waals surface area contributed by atoms with Gasteiger partial charge in [-0.2, -0.15) is 0 Å². The number of benzene rings is 2. The van der Waals surface area contributed by atoms with Gasteiger partial charge < -0.3 is 10.6 Å². The molecule has 2 amide bonds. The van der Waals surface area contributed by atoms with Gasteiger partial charge in [0.25, 0.3) is 0 Å². The number of nitrogens with zero attached hydrogens (tertiary/aromatic N) is 1. The number of aryl methyl sites for hydroxylation is 1. The molecule has 0 saturated carbocycles. The van der Waals surface area contributed by atoms with E-state index < -0.39 is 22.5 Å². The number of carbonyl (C=O) groups excluding carboxylic acids is 2. The van der Waals surface area contributed by atoms with Crippen molar-refractivity contribution in [3.05, 3.63) is 65.2 Å². The molecule has 2 aromatic carbocycles. The molecule has 0 unspecified atom stereocenters. The fraction of sp³-hybridized carbons (Fsp3) is 0.417. The highest BCUT2D eigenvalue weighted by atomic mass is 32.2. The van der Waals surface area contributed by atoms with Crippen LogP contribution in [-0.4, -0.2) is 51.3 Å². The lowest BCUT2D eigenvalue weighted by Gasteiger charge is -2.26. The van der Waals surface area contributed by atoms with E-state index in [2.05, 4.69) is 32.4 Å². The van der Waals surface area contributed by atoms with Crippen molar-refractivity contribution >= 4 is 21.8 Å². The first-order valence-corrected chi connectivity index (χ1v) is 12.7. The summed E-state index contributed by atoms with van der Waals surface area (Å²) in [6, 6.07) is 14.5. The van der Waals surface area contributed by atoms with Gasteiger partial charge in [-0.1, -0.05) is 48.4 Å². The van der Waals surface area contributed by atoms with Crippen molar-refractivity contribution in [3.8, 4) is 0 Å². The molecular formula is C24H32N4O4S. The van der Waals surface area contributed by atoms with Crippen molar-refractivity contribution < 1.29 is 18.0 Å². The van der Waals surface area contributed by atoms with E-state index >= 15 is 0 Å². The van der Waals surface area contributed by atoms with Crippen LogP contribution >= 0.6 is 0 Å². The predicted octanol–water partition coefficient (Wildman–Crippen LogP) is 1.69. The van der Waals surface area contributed by atoms with Crippen LogP contribution < -0.4 is 15.4 Å². The Hall–Kier alpha value is -2.75. The van der Waals surface area contributed by atoms with Crippen molar-refractivity contribution in [3.63, 3.8) is 0 Å². The summed E-state index contributed by atoms with van der Waals surface area (Å²) >= 11 is 0. The molecule has 0 aromatic heterocycles. The third kappa shape index (κ3) is 8.27. The number of sulfonamides is 1. The summed E-state index contributed by atoms with van der Waals surface area (Å²) in [4.78, 5) is 26.5. The number of likely N-dealkylation sites (tertiary alicyclic amines) is 1. The molecule has 1 aliphatic heterocycles. The zero-order chi connectivity index (χ0) is 23.7. The number of rotatable bonds is 10. The number of piperidine rings is 1. The Balaban J connectivity index is 1.35. The third-order valence-electron chi connectivity index (χ3n) is 5.57. The zero-order valence-corrected chi connectivity index (χ0v) is 19.8.